The van der Waals surface area contributed by atoms with Crippen molar-refractivity contribution in [2.24, 2.45) is 0 Å². The fourth-order valence-corrected chi connectivity index (χ4v) is 4.02. The van der Waals surface area contributed by atoms with Crippen LogP contribution >= 0.6 is 15.9 Å². The lowest BCUT2D eigenvalue weighted by Gasteiger charge is -2.27. The zero-order valence-electron chi connectivity index (χ0n) is 16.9. The summed E-state index contributed by atoms with van der Waals surface area (Å²) in [7, 11) is 1.26. The molecule has 0 aromatic heterocycles. The molecule has 2 heterocycles. The van der Waals surface area contributed by atoms with Crippen LogP contribution in [0.2, 0.25) is 0 Å². The topological polar surface area (TPSA) is 85.4 Å². The van der Waals surface area contributed by atoms with Crippen molar-refractivity contribution in [1.82, 2.24) is 9.80 Å². The van der Waals surface area contributed by atoms with Gasteiger partial charge in [0.05, 0.1) is 20.2 Å². The first kappa shape index (κ1) is 21.4. The molecule has 0 aliphatic carbocycles. The molecule has 158 valence electrons. The summed E-state index contributed by atoms with van der Waals surface area (Å²) in [5.74, 6) is -0.563. The number of rotatable bonds is 2. The SMILES string of the molecule is COC(=O)C1CC(OC(=O)N2Cc3cccc(Br)c3C2)CN1C(=O)OC(C)(C)C. The number of halogens is 1. The molecule has 2 unspecified atom stereocenters. The maximum atomic E-state index is 12.7. The first-order valence-corrected chi connectivity index (χ1v) is 10.2. The minimum atomic E-state index is -0.849. The zero-order valence-corrected chi connectivity index (χ0v) is 18.5. The van der Waals surface area contributed by atoms with Crippen molar-refractivity contribution < 1.29 is 28.6 Å². The number of carbonyl (C=O) groups is 3. The van der Waals surface area contributed by atoms with Crippen molar-refractivity contribution in [3.05, 3.63) is 33.8 Å². The van der Waals surface area contributed by atoms with Gasteiger partial charge in [0.2, 0.25) is 0 Å². The molecule has 2 amide bonds. The van der Waals surface area contributed by atoms with Gasteiger partial charge in [-0.15, -0.1) is 0 Å². The van der Waals surface area contributed by atoms with E-state index >= 15 is 0 Å². The average Bonchev–Trinajstić information content (AvgIpc) is 3.25. The first-order chi connectivity index (χ1) is 13.6. The van der Waals surface area contributed by atoms with E-state index in [1.807, 2.05) is 18.2 Å². The Kier molecular flexibility index (Phi) is 6.07. The highest BCUT2D eigenvalue weighted by molar-refractivity contribution is 9.10. The largest absolute Gasteiger partial charge is 0.467 e. The van der Waals surface area contributed by atoms with Crippen molar-refractivity contribution in [3.63, 3.8) is 0 Å². The summed E-state index contributed by atoms with van der Waals surface area (Å²) in [4.78, 5) is 40.2. The lowest BCUT2D eigenvalue weighted by Crippen LogP contribution is -2.44. The van der Waals surface area contributed by atoms with Crippen molar-refractivity contribution >= 4 is 34.1 Å². The van der Waals surface area contributed by atoms with Gasteiger partial charge in [0, 0.05) is 17.4 Å². The average molecular weight is 469 g/mol. The molecule has 1 saturated heterocycles. The molecule has 8 nitrogen and oxygen atoms in total. The maximum Gasteiger partial charge on any atom is 0.411 e. The minimum Gasteiger partial charge on any atom is -0.467 e. The van der Waals surface area contributed by atoms with Crippen LogP contribution < -0.4 is 0 Å². The molecule has 3 rings (SSSR count). The second-order valence-corrected chi connectivity index (χ2v) is 9.00. The van der Waals surface area contributed by atoms with Gasteiger partial charge < -0.3 is 14.2 Å². The molecule has 0 spiro atoms. The van der Waals surface area contributed by atoms with Crippen LogP contribution in [0.15, 0.2) is 22.7 Å². The van der Waals surface area contributed by atoms with Crippen molar-refractivity contribution in [3.8, 4) is 0 Å². The molecule has 2 aliphatic heterocycles. The van der Waals surface area contributed by atoms with Gasteiger partial charge in [0.25, 0.3) is 0 Å². The third kappa shape index (κ3) is 4.83. The van der Waals surface area contributed by atoms with Crippen LogP contribution in [0.5, 0.6) is 0 Å². The summed E-state index contributed by atoms with van der Waals surface area (Å²) in [5.41, 5.74) is 1.41. The number of hydrogen-bond donors (Lipinski definition) is 0. The van der Waals surface area contributed by atoms with Gasteiger partial charge in [-0.1, -0.05) is 28.1 Å². The lowest BCUT2D eigenvalue weighted by atomic mass is 10.1. The first-order valence-electron chi connectivity index (χ1n) is 9.38. The number of hydrogen-bond acceptors (Lipinski definition) is 6. The lowest BCUT2D eigenvalue weighted by molar-refractivity contribution is -0.145. The third-order valence-electron chi connectivity index (χ3n) is 4.82. The second kappa shape index (κ2) is 8.22. The number of benzene rings is 1. The third-order valence-corrected chi connectivity index (χ3v) is 5.56. The molecule has 0 saturated carbocycles. The predicted molar refractivity (Wildman–Crippen MR) is 107 cm³/mol. The summed E-state index contributed by atoms with van der Waals surface area (Å²) in [6.45, 7) is 6.21. The minimum absolute atomic E-state index is 0.0743. The van der Waals surface area contributed by atoms with Crippen LogP contribution in [0.25, 0.3) is 0 Å². The van der Waals surface area contributed by atoms with Gasteiger partial charge in [0.1, 0.15) is 17.7 Å². The quantitative estimate of drug-likeness (QED) is 0.487. The number of amides is 2. The van der Waals surface area contributed by atoms with Crippen LogP contribution in [0.4, 0.5) is 9.59 Å². The number of esters is 1. The molecule has 2 atom stereocenters. The molecular formula is C20H25BrN2O6. The monoisotopic (exact) mass is 468 g/mol. The fourth-order valence-electron chi connectivity index (χ4n) is 3.49. The summed E-state index contributed by atoms with van der Waals surface area (Å²) >= 11 is 3.50. The summed E-state index contributed by atoms with van der Waals surface area (Å²) in [5, 5.41) is 0. The van der Waals surface area contributed by atoms with Gasteiger partial charge in [-0.25, -0.2) is 14.4 Å². The van der Waals surface area contributed by atoms with E-state index in [0.29, 0.717) is 13.1 Å². The Balaban J connectivity index is 1.65. The van der Waals surface area contributed by atoms with E-state index in [4.69, 9.17) is 14.2 Å². The number of fused-ring (bicyclic) bond motifs is 1. The van der Waals surface area contributed by atoms with E-state index in [-0.39, 0.29) is 13.0 Å². The van der Waals surface area contributed by atoms with Gasteiger partial charge in [0.15, 0.2) is 0 Å². The van der Waals surface area contributed by atoms with Crippen molar-refractivity contribution in [2.45, 2.75) is 58.0 Å². The van der Waals surface area contributed by atoms with Crippen LogP contribution in [0.1, 0.15) is 38.3 Å². The molecule has 1 fully saturated rings. The van der Waals surface area contributed by atoms with E-state index in [9.17, 15) is 14.4 Å². The van der Waals surface area contributed by atoms with Crippen LogP contribution in [0.3, 0.4) is 0 Å². The summed E-state index contributed by atoms with van der Waals surface area (Å²) in [6, 6.07) is 4.98. The van der Waals surface area contributed by atoms with E-state index in [2.05, 4.69) is 15.9 Å². The second-order valence-electron chi connectivity index (χ2n) is 8.15. The van der Waals surface area contributed by atoms with Crippen molar-refractivity contribution in [2.75, 3.05) is 13.7 Å². The highest BCUT2D eigenvalue weighted by atomic mass is 79.9. The van der Waals surface area contributed by atoms with Gasteiger partial charge >= 0.3 is 18.2 Å². The molecule has 0 N–H and O–H groups in total. The Labute approximate surface area is 178 Å². The van der Waals surface area contributed by atoms with Crippen LogP contribution in [-0.2, 0) is 32.1 Å². The predicted octanol–water partition coefficient (Wildman–Crippen LogP) is 3.45. The molecule has 29 heavy (non-hydrogen) atoms. The fraction of sp³-hybridized carbons (Fsp3) is 0.550. The van der Waals surface area contributed by atoms with E-state index in [1.165, 1.54) is 12.0 Å². The molecule has 9 heteroatoms. The van der Waals surface area contributed by atoms with Crippen LogP contribution in [-0.4, -0.2) is 59.4 Å². The normalized spacial score (nSPS) is 21.0. The van der Waals surface area contributed by atoms with Crippen molar-refractivity contribution in [1.29, 1.82) is 0 Å². The standard InChI is InChI=1S/C20H25BrN2O6/c1-20(2,3)29-19(26)23-10-13(8-16(23)17(24)27-4)28-18(25)22-9-12-6-5-7-15(21)14(12)11-22/h5-7,13,16H,8-11H2,1-4H3. The number of carbonyl (C=O) groups excluding carboxylic acids is 3. The Morgan fingerprint density at radius 1 is 1.14 bits per heavy atom. The number of methoxy groups -OCH3 is 1. The highest BCUT2D eigenvalue weighted by Crippen LogP contribution is 2.31. The summed E-state index contributed by atoms with van der Waals surface area (Å²) < 4.78 is 16.8. The number of ether oxygens (including phenoxy) is 3. The van der Waals surface area contributed by atoms with Gasteiger partial charge in [-0.2, -0.15) is 0 Å². The Morgan fingerprint density at radius 3 is 2.48 bits per heavy atom. The maximum absolute atomic E-state index is 12.7. The van der Waals surface area contributed by atoms with E-state index in [1.54, 1.807) is 25.7 Å². The Bertz CT molecular complexity index is 822. The van der Waals surface area contributed by atoms with E-state index < -0.39 is 35.9 Å². The molecule has 0 radical (unpaired) electrons. The Morgan fingerprint density at radius 2 is 1.86 bits per heavy atom. The number of likely N-dealkylation sites (tertiary alicyclic amines) is 1. The van der Waals surface area contributed by atoms with Crippen LogP contribution in [0, 0.1) is 0 Å². The molecule has 1 aromatic rings. The zero-order chi connectivity index (χ0) is 21.3. The van der Waals surface area contributed by atoms with Gasteiger partial charge in [-0.05, 0) is 38.0 Å². The molecular weight excluding hydrogens is 444 g/mol. The number of nitrogens with zero attached hydrogens (tertiary/aromatic N) is 2. The molecule has 2 aliphatic rings. The molecule has 1 aromatic carbocycles. The summed E-state index contributed by atoms with van der Waals surface area (Å²) in [6.07, 6.45) is -1.56. The Hall–Kier alpha value is -2.29. The molecule has 0 bridgehead atoms. The smallest absolute Gasteiger partial charge is 0.411 e. The van der Waals surface area contributed by atoms with Gasteiger partial charge in [-0.3, -0.25) is 9.80 Å². The van der Waals surface area contributed by atoms with E-state index in [0.717, 1.165) is 15.6 Å². The highest BCUT2D eigenvalue weighted by Gasteiger charge is 2.44.